The molecule has 10 heteroatoms. The number of quaternary nitrogens is 1. The number of phosphoric ester groups is 1. The van der Waals surface area contributed by atoms with Crippen LogP contribution in [0.15, 0.2) is 36.5 Å². The van der Waals surface area contributed by atoms with Gasteiger partial charge in [-0.2, -0.15) is 0 Å². The quantitative estimate of drug-likeness (QED) is 0.0213. The van der Waals surface area contributed by atoms with Gasteiger partial charge < -0.3 is 18.9 Å². The number of rotatable bonds is 43. The molecule has 0 heterocycles. The molecule has 340 valence electrons. The summed E-state index contributed by atoms with van der Waals surface area (Å²) in [5, 5.41) is 0. The minimum Gasteiger partial charge on any atom is -0.462 e. The lowest BCUT2D eigenvalue weighted by atomic mass is 10.0. The molecule has 0 aliphatic heterocycles. The van der Waals surface area contributed by atoms with Crippen LogP contribution in [0.1, 0.15) is 206 Å². The third kappa shape index (κ3) is 43.8. The predicted octanol–water partition coefficient (Wildman–Crippen LogP) is 13.7. The van der Waals surface area contributed by atoms with Crippen molar-refractivity contribution in [1.29, 1.82) is 0 Å². The molecule has 0 aliphatic rings. The van der Waals surface area contributed by atoms with Crippen LogP contribution < -0.4 is 0 Å². The Morgan fingerprint density at radius 3 is 1.38 bits per heavy atom. The van der Waals surface area contributed by atoms with E-state index in [1.807, 2.05) is 21.1 Å². The summed E-state index contributed by atoms with van der Waals surface area (Å²) in [4.78, 5) is 35.2. The SMILES string of the molecule is CCCCCCC/C=C\C/C=C\C/C=C\CCCCCCCCCCCCCCC(=O)OC(COC(=O)CCCCCCCCC)COP(=O)(O)OCC[N+](C)(C)C. The predicted molar refractivity (Wildman–Crippen MR) is 243 cm³/mol. The summed E-state index contributed by atoms with van der Waals surface area (Å²) in [7, 11) is 1.48. The average molecular weight is 841 g/mol. The molecule has 0 saturated carbocycles. The van der Waals surface area contributed by atoms with E-state index < -0.39 is 26.5 Å². The first-order valence-corrected chi connectivity index (χ1v) is 25.2. The van der Waals surface area contributed by atoms with Crippen LogP contribution in [0.3, 0.4) is 0 Å². The number of unbranched alkanes of at least 4 members (excludes halogenated alkanes) is 23. The highest BCUT2D eigenvalue weighted by Gasteiger charge is 2.27. The fourth-order valence-electron chi connectivity index (χ4n) is 6.43. The van der Waals surface area contributed by atoms with Gasteiger partial charge in [0.05, 0.1) is 27.7 Å². The van der Waals surface area contributed by atoms with E-state index in [1.54, 1.807) is 0 Å². The lowest BCUT2D eigenvalue weighted by Gasteiger charge is -2.24. The van der Waals surface area contributed by atoms with Crippen molar-refractivity contribution in [2.24, 2.45) is 0 Å². The molecule has 0 aliphatic carbocycles. The molecule has 2 atom stereocenters. The van der Waals surface area contributed by atoms with E-state index in [9.17, 15) is 19.0 Å². The van der Waals surface area contributed by atoms with E-state index in [-0.39, 0.29) is 32.0 Å². The minimum absolute atomic E-state index is 0.0321. The van der Waals surface area contributed by atoms with Gasteiger partial charge in [-0.25, -0.2) is 4.57 Å². The van der Waals surface area contributed by atoms with Gasteiger partial charge in [-0.15, -0.1) is 0 Å². The van der Waals surface area contributed by atoms with Crippen LogP contribution in [-0.2, 0) is 32.7 Å². The van der Waals surface area contributed by atoms with Gasteiger partial charge in [-0.05, 0) is 51.4 Å². The van der Waals surface area contributed by atoms with Crippen LogP contribution in [-0.4, -0.2) is 74.9 Å². The molecule has 9 nitrogen and oxygen atoms in total. The summed E-state index contributed by atoms with van der Waals surface area (Å²) in [5.41, 5.74) is 0. The molecule has 0 amide bonds. The Bertz CT molecular complexity index is 1090. The largest absolute Gasteiger partial charge is 0.472 e. The number of ether oxygens (including phenoxy) is 2. The van der Waals surface area contributed by atoms with Crippen molar-refractivity contribution in [2.45, 2.75) is 213 Å². The van der Waals surface area contributed by atoms with E-state index in [4.69, 9.17) is 18.5 Å². The molecule has 1 N–H and O–H groups in total. The second kappa shape index (κ2) is 40.6. The highest BCUT2D eigenvalue weighted by molar-refractivity contribution is 7.47. The minimum atomic E-state index is -4.37. The first-order chi connectivity index (χ1) is 28.0. The number of esters is 2. The van der Waals surface area contributed by atoms with Gasteiger partial charge in [0.2, 0.25) is 0 Å². The van der Waals surface area contributed by atoms with Crippen LogP contribution in [0, 0.1) is 0 Å². The molecule has 0 aromatic heterocycles. The van der Waals surface area contributed by atoms with Crippen molar-refractivity contribution >= 4 is 19.8 Å². The lowest BCUT2D eigenvalue weighted by molar-refractivity contribution is -0.870. The van der Waals surface area contributed by atoms with Crippen molar-refractivity contribution in [2.75, 3.05) is 47.5 Å². The first kappa shape index (κ1) is 56.2. The van der Waals surface area contributed by atoms with E-state index in [0.29, 0.717) is 17.4 Å². The highest BCUT2D eigenvalue weighted by Crippen LogP contribution is 2.43. The molecule has 0 spiro atoms. The lowest BCUT2D eigenvalue weighted by Crippen LogP contribution is -2.37. The van der Waals surface area contributed by atoms with Crippen LogP contribution in [0.5, 0.6) is 0 Å². The molecule has 2 unspecified atom stereocenters. The monoisotopic (exact) mass is 841 g/mol. The number of likely N-dealkylation sites (N-methyl/N-ethyl adjacent to an activating group) is 1. The number of carbonyl (C=O) groups excluding carboxylic acids is 2. The van der Waals surface area contributed by atoms with Crippen molar-refractivity contribution in [3.8, 4) is 0 Å². The third-order valence-corrected chi connectivity index (χ3v) is 11.2. The van der Waals surface area contributed by atoms with Gasteiger partial charge in [0.1, 0.15) is 19.8 Å². The van der Waals surface area contributed by atoms with Gasteiger partial charge in [0, 0.05) is 12.8 Å². The zero-order chi connectivity index (χ0) is 42.8. The van der Waals surface area contributed by atoms with Gasteiger partial charge >= 0.3 is 19.8 Å². The summed E-state index contributed by atoms with van der Waals surface area (Å²) in [6.07, 6.45) is 46.5. The first-order valence-electron chi connectivity index (χ1n) is 23.7. The molecule has 58 heavy (non-hydrogen) atoms. The molecule has 0 bridgehead atoms. The Kier molecular flexibility index (Phi) is 39.4. The maximum Gasteiger partial charge on any atom is 0.472 e. The Balaban J connectivity index is 4.08. The smallest absolute Gasteiger partial charge is 0.462 e. The number of hydrogen-bond donors (Lipinski definition) is 1. The van der Waals surface area contributed by atoms with Crippen LogP contribution in [0.25, 0.3) is 0 Å². The Morgan fingerprint density at radius 1 is 0.534 bits per heavy atom. The summed E-state index contributed by atoms with van der Waals surface area (Å²) in [6, 6.07) is 0. The average Bonchev–Trinajstić information content (AvgIpc) is 3.17. The standard InChI is InChI=1S/C48H90NO8P/c1-6-8-10-12-14-15-16-17-18-19-20-21-22-23-24-25-26-27-28-29-30-31-32-33-35-37-39-41-48(51)57-46(45-56-58(52,53)55-43-42-49(3,4)5)44-54-47(50)40-38-36-34-13-11-9-7-2/h16-17,19-20,22-23,46H,6-15,18,21,24-45H2,1-5H3/p+1/b17-16-,20-19-,23-22-. The van der Waals surface area contributed by atoms with Crippen molar-refractivity contribution in [3.05, 3.63) is 36.5 Å². The van der Waals surface area contributed by atoms with Crippen molar-refractivity contribution in [3.63, 3.8) is 0 Å². The molecule has 0 aromatic carbocycles. The molecular formula is C48H91NO8P+. The van der Waals surface area contributed by atoms with Crippen LogP contribution in [0.4, 0.5) is 0 Å². The summed E-state index contributed by atoms with van der Waals surface area (Å²) >= 11 is 0. The number of nitrogens with zero attached hydrogens (tertiary/aromatic N) is 1. The molecule has 0 fully saturated rings. The fourth-order valence-corrected chi connectivity index (χ4v) is 7.17. The van der Waals surface area contributed by atoms with E-state index in [2.05, 4.69) is 50.3 Å². The summed E-state index contributed by atoms with van der Waals surface area (Å²) in [6.45, 7) is 4.37. The van der Waals surface area contributed by atoms with Crippen LogP contribution >= 0.6 is 7.82 Å². The summed E-state index contributed by atoms with van der Waals surface area (Å²) < 4.78 is 34.2. The zero-order valence-corrected chi connectivity index (χ0v) is 39.2. The van der Waals surface area contributed by atoms with E-state index >= 15 is 0 Å². The normalized spacial score (nSPS) is 13.8. The maximum absolute atomic E-state index is 12.7. The highest BCUT2D eigenvalue weighted by atomic mass is 31.2. The van der Waals surface area contributed by atoms with Gasteiger partial charge in [0.25, 0.3) is 0 Å². The maximum atomic E-state index is 12.7. The van der Waals surface area contributed by atoms with Gasteiger partial charge in [0.15, 0.2) is 6.10 Å². The number of phosphoric acid groups is 1. The van der Waals surface area contributed by atoms with E-state index in [1.165, 1.54) is 122 Å². The van der Waals surface area contributed by atoms with Gasteiger partial charge in [-0.3, -0.25) is 18.6 Å². The second-order valence-electron chi connectivity index (χ2n) is 17.1. The number of hydrogen-bond acceptors (Lipinski definition) is 7. The summed E-state index contributed by atoms with van der Waals surface area (Å²) in [5.74, 6) is -0.804. The van der Waals surface area contributed by atoms with E-state index in [0.717, 1.165) is 51.4 Å². The topological polar surface area (TPSA) is 108 Å². The van der Waals surface area contributed by atoms with Crippen molar-refractivity contribution in [1.82, 2.24) is 0 Å². The molecular weight excluding hydrogens is 750 g/mol. The molecule has 0 saturated heterocycles. The Hall–Kier alpha value is -1.77. The Morgan fingerprint density at radius 2 is 0.931 bits per heavy atom. The van der Waals surface area contributed by atoms with Crippen molar-refractivity contribution < 1.29 is 42.1 Å². The molecule has 0 radical (unpaired) electrons. The third-order valence-electron chi connectivity index (χ3n) is 10.2. The van der Waals surface area contributed by atoms with Gasteiger partial charge in [-0.1, -0.05) is 179 Å². The number of carbonyl (C=O) groups is 2. The zero-order valence-electron chi connectivity index (χ0n) is 38.3. The fraction of sp³-hybridized carbons (Fsp3) is 0.833. The second-order valence-corrected chi connectivity index (χ2v) is 18.6. The molecule has 0 rings (SSSR count). The Labute approximate surface area is 357 Å². The molecule has 0 aromatic rings. The number of allylic oxidation sites excluding steroid dienone is 6. The van der Waals surface area contributed by atoms with Crippen LogP contribution in [0.2, 0.25) is 0 Å².